The molecule has 1 saturated heterocycles. The summed E-state index contributed by atoms with van der Waals surface area (Å²) < 4.78 is 0. The van der Waals surface area contributed by atoms with Gasteiger partial charge in [0.25, 0.3) is 0 Å². The number of amides is 1. The Balaban J connectivity index is 1.38. The van der Waals surface area contributed by atoms with Gasteiger partial charge >= 0.3 is 0 Å². The van der Waals surface area contributed by atoms with Gasteiger partial charge in [-0.3, -0.25) is 14.6 Å². The van der Waals surface area contributed by atoms with Gasteiger partial charge in [-0.15, -0.1) is 0 Å². The van der Waals surface area contributed by atoms with Crippen LogP contribution in [0.25, 0.3) is 0 Å². The number of aromatic nitrogens is 1. The lowest BCUT2D eigenvalue weighted by Gasteiger charge is -2.40. The van der Waals surface area contributed by atoms with Crippen LogP contribution in [0, 0.1) is 5.92 Å². The van der Waals surface area contributed by atoms with Crippen molar-refractivity contribution in [3.63, 3.8) is 0 Å². The van der Waals surface area contributed by atoms with Gasteiger partial charge in [0, 0.05) is 56.6 Å². The standard InChI is InChI=1S/C22H28N4O/c1-18(24-13-15-25(16-14-24)20-7-3-2-4-8-20)17-26(22(27)19-10-11-19)21-9-5-6-12-23-21/h2-9,12,18-19H,10-11,13-17H2,1H3. The number of para-hydroxylation sites is 1. The van der Waals surface area contributed by atoms with E-state index in [2.05, 4.69) is 52.0 Å². The van der Waals surface area contributed by atoms with E-state index in [-0.39, 0.29) is 11.8 Å². The van der Waals surface area contributed by atoms with E-state index in [0.717, 1.165) is 44.8 Å². The van der Waals surface area contributed by atoms with Gasteiger partial charge < -0.3 is 4.90 Å². The predicted octanol–water partition coefficient (Wildman–Crippen LogP) is 3.04. The van der Waals surface area contributed by atoms with Gasteiger partial charge in [-0.2, -0.15) is 0 Å². The molecule has 1 atom stereocenters. The molecule has 1 aromatic carbocycles. The molecule has 0 spiro atoms. The van der Waals surface area contributed by atoms with E-state index in [9.17, 15) is 4.79 Å². The monoisotopic (exact) mass is 364 g/mol. The summed E-state index contributed by atoms with van der Waals surface area (Å²) >= 11 is 0. The lowest BCUT2D eigenvalue weighted by molar-refractivity contribution is -0.120. The minimum atomic E-state index is 0.203. The van der Waals surface area contributed by atoms with Crippen molar-refractivity contribution >= 4 is 17.4 Å². The molecule has 2 aromatic rings. The molecule has 1 unspecified atom stereocenters. The van der Waals surface area contributed by atoms with Crippen molar-refractivity contribution in [2.24, 2.45) is 5.92 Å². The van der Waals surface area contributed by atoms with E-state index >= 15 is 0 Å². The summed E-state index contributed by atoms with van der Waals surface area (Å²) in [5.74, 6) is 1.22. The van der Waals surface area contributed by atoms with E-state index in [4.69, 9.17) is 0 Å². The maximum atomic E-state index is 12.8. The SMILES string of the molecule is CC(CN(C(=O)C1CC1)c1ccccn1)N1CCN(c2ccccc2)CC1. The molecule has 1 saturated carbocycles. The van der Waals surface area contributed by atoms with Crippen molar-refractivity contribution in [1.29, 1.82) is 0 Å². The number of nitrogens with zero attached hydrogens (tertiary/aromatic N) is 4. The largest absolute Gasteiger partial charge is 0.369 e. The fraction of sp³-hybridized carbons (Fsp3) is 0.455. The number of piperazine rings is 1. The van der Waals surface area contributed by atoms with Crippen molar-refractivity contribution in [3.05, 3.63) is 54.7 Å². The van der Waals surface area contributed by atoms with Crippen LogP contribution < -0.4 is 9.80 Å². The first-order chi connectivity index (χ1) is 13.2. The zero-order chi connectivity index (χ0) is 18.6. The van der Waals surface area contributed by atoms with Crippen molar-refractivity contribution in [3.8, 4) is 0 Å². The topological polar surface area (TPSA) is 39.7 Å². The highest BCUT2D eigenvalue weighted by atomic mass is 16.2. The van der Waals surface area contributed by atoms with Crippen molar-refractivity contribution < 1.29 is 4.79 Å². The number of rotatable bonds is 6. The zero-order valence-electron chi connectivity index (χ0n) is 16.0. The second-order valence-electron chi connectivity index (χ2n) is 7.62. The molecule has 2 aliphatic rings. The molecule has 0 bridgehead atoms. The van der Waals surface area contributed by atoms with Gasteiger partial charge in [-0.25, -0.2) is 4.98 Å². The normalized spacial score (nSPS) is 18.9. The lowest BCUT2D eigenvalue weighted by Crippen LogP contribution is -2.53. The van der Waals surface area contributed by atoms with Gasteiger partial charge in [-0.05, 0) is 44.0 Å². The van der Waals surface area contributed by atoms with Crippen molar-refractivity contribution in [2.45, 2.75) is 25.8 Å². The maximum Gasteiger partial charge on any atom is 0.231 e. The first-order valence-corrected chi connectivity index (χ1v) is 9.99. The molecule has 1 amide bonds. The smallest absolute Gasteiger partial charge is 0.231 e. The molecule has 4 rings (SSSR count). The van der Waals surface area contributed by atoms with E-state index in [1.54, 1.807) is 6.20 Å². The molecule has 1 aliphatic heterocycles. The van der Waals surface area contributed by atoms with Crippen LogP contribution in [-0.4, -0.2) is 54.6 Å². The Hall–Kier alpha value is -2.40. The molecule has 2 fully saturated rings. The van der Waals surface area contributed by atoms with Crippen LogP contribution in [0.1, 0.15) is 19.8 Å². The van der Waals surface area contributed by atoms with E-state index < -0.39 is 0 Å². The molecular weight excluding hydrogens is 336 g/mol. The van der Waals surface area contributed by atoms with Crippen LogP contribution >= 0.6 is 0 Å². The van der Waals surface area contributed by atoms with E-state index in [1.165, 1.54) is 5.69 Å². The predicted molar refractivity (Wildman–Crippen MR) is 109 cm³/mol. The third-order valence-corrected chi connectivity index (χ3v) is 5.62. The molecule has 142 valence electrons. The number of carbonyl (C=O) groups excluding carboxylic acids is 1. The van der Waals surface area contributed by atoms with Gasteiger partial charge in [-0.1, -0.05) is 24.3 Å². The Bertz CT molecular complexity index is 739. The molecule has 1 aliphatic carbocycles. The lowest BCUT2D eigenvalue weighted by atomic mass is 10.2. The van der Waals surface area contributed by atoms with Crippen molar-refractivity contribution in [2.75, 3.05) is 42.5 Å². The third-order valence-electron chi connectivity index (χ3n) is 5.62. The molecule has 0 radical (unpaired) electrons. The van der Waals surface area contributed by atoms with Crippen molar-refractivity contribution in [1.82, 2.24) is 9.88 Å². The summed E-state index contributed by atoms with van der Waals surface area (Å²) in [5.41, 5.74) is 1.30. The minimum Gasteiger partial charge on any atom is -0.369 e. The number of anilines is 2. The van der Waals surface area contributed by atoms with Gasteiger partial charge in [0.05, 0.1) is 0 Å². The second-order valence-corrected chi connectivity index (χ2v) is 7.62. The fourth-order valence-electron chi connectivity index (χ4n) is 3.80. The molecule has 1 aromatic heterocycles. The Morgan fingerprint density at radius 1 is 1.07 bits per heavy atom. The molecule has 2 heterocycles. The number of benzene rings is 1. The number of hydrogen-bond donors (Lipinski definition) is 0. The van der Waals surface area contributed by atoms with Gasteiger partial charge in [0.15, 0.2) is 0 Å². The summed E-state index contributed by atoms with van der Waals surface area (Å²) in [6.45, 7) is 7.02. The highest BCUT2D eigenvalue weighted by Gasteiger charge is 2.35. The molecule has 0 N–H and O–H groups in total. The van der Waals surface area contributed by atoms with Crippen LogP contribution in [0.3, 0.4) is 0 Å². The molecular formula is C22H28N4O. The Labute approximate surface area is 161 Å². The summed E-state index contributed by atoms with van der Waals surface area (Å²) in [6.07, 6.45) is 3.81. The average molecular weight is 364 g/mol. The van der Waals surface area contributed by atoms with Gasteiger partial charge in [0.2, 0.25) is 5.91 Å². The Morgan fingerprint density at radius 2 is 1.78 bits per heavy atom. The highest BCUT2D eigenvalue weighted by Crippen LogP contribution is 2.32. The van der Waals surface area contributed by atoms with Gasteiger partial charge in [0.1, 0.15) is 5.82 Å². The maximum absolute atomic E-state index is 12.8. The summed E-state index contributed by atoms with van der Waals surface area (Å²) in [7, 11) is 0. The third kappa shape index (κ3) is 4.30. The number of hydrogen-bond acceptors (Lipinski definition) is 4. The van der Waals surface area contributed by atoms with Crippen LogP contribution in [-0.2, 0) is 4.79 Å². The second kappa shape index (κ2) is 8.09. The van der Waals surface area contributed by atoms with Crippen LogP contribution in [0.4, 0.5) is 11.5 Å². The Kier molecular flexibility index (Phi) is 5.39. The molecule has 5 nitrogen and oxygen atoms in total. The number of pyridine rings is 1. The summed E-state index contributed by atoms with van der Waals surface area (Å²) in [6, 6.07) is 16.7. The minimum absolute atomic E-state index is 0.203. The number of carbonyl (C=O) groups is 1. The Morgan fingerprint density at radius 3 is 2.41 bits per heavy atom. The van der Waals surface area contributed by atoms with Crippen LogP contribution in [0.2, 0.25) is 0 Å². The zero-order valence-corrected chi connectivity index (χ0v) is 16.0. The van der Waals surface area contributed by atoms with Crippen LogP contribution in [0.15, 0.2) is 54.7 Å². The van der Waals surface area contributed by atoms with Crippen LogP contribution in [0.5, 0.6) is 0 Å². The van der Waals surface area contributed by atoms with E-state index in [1.807, 2.05) is 23.1 Å². The quantitative estimate of drug-likeness (QED) is 0.790. The van der Waals surface area contributed by atoms with E-state index in [0.29, 0.717) is 12.6 Å². The first-order valence-electron chi connectivity index (χ1n) is 9.99. The first kappa shape index (κ1) is 18.0. The fourth-order valence-corrected chi connectivity index (χ4v) is 3.80. The highest BCUT2D eigenvalue weighted by molar-refractivity contribution is 5.95. The molecule has 5 heteroatoms. The average Bonchev–Trinajstić information content (AvgIpc) is 3.58. The summed E-state index contributed by atoms with van der Waals surface area (Å²) in [4.78, 5) is 24.1. The molecule has 27 heavy (non-hydrogen) atoms. The summed E-state index contributed by atoms with van der Waals surface area (Å²) in [5, 5.41) is 0.